The van der Waals surface area contributed by atoms with Gasteiger partial charge in [-0.15, -0.1) is 0 Å². The summed E-state index contributed by atoms with van der Waals surface area (Å²) in [5, 5.41) is 0.573. The molecule has 0 aliphatic carbocycles. The number of ether oxygens (including phenoxy) is 1. The lowest BCUT2D eigenvalue weighted by molar-refractivity contribution is 0.479. The highest BCUT2D eigenvalue weighted by molar-refractivity contribution is 6.32. The molecule has 0 amide bonds. The fourth-order valence-electron chi connectivity index (χ4n) is 1.38. The summed E-state index contributed by atoms with van der Waals surface area (Å²) in [6.07, 6.45) is 1.64. The first-order chi connectivity index (χ1) is 8.16. The van der Waals surface area contributed by atoms with Gasteiger partial charge in [0.15, 0.2) is 0 Å². The third kappa shape index (κ3) is 2.96. The molecule has 0 aliphatic rings. The van der Waals surface area contributed by atoms with Crippen LogP contribution in [0.15, 0.2) is 42.6 Å². The van der Waals surface area contributed by atoms with E-state index >= 15 is 0 Å². The third-order valence-electron chi connectivity index (χ3n) is 2.29. The molecule has 88 valence electrons. The average Bonchev–Trinajstić information content (AvgIpc) is 2.33. The first-order valence-electron chi connectivity index (χ1n) is 5.31. The molecular weight excluding hydrogens is 236 g/mol. The monoisotopic (exact) mass is 248 g/mol. The number of benzene rings is 1. The fourth-order valence-corrected chi connectivity index (χ4v) is 1.55. The number of rotatable bonds is 3. The van der Waals surface area contributed by atoms with Gasteiger partial charge >= 0.3 is 0 Å². The lowest BCUT2D eigenvalue weighted by Crippen LogP contribution is -2.06. The highest BCUT2D eigenvalue weighted by Crippen LogP contribution is 2.28. The number of hydrogen-bond donors (Lipinski definition) is 1. The van der Waals surface area contributed by atoms with Gasteiger partial charge in [0.25, 0.3) is 0 Å². The second-order valence-corrected chi connectivity index (χ2v) is 4.15. The maximum Gasteiger partial charge on any atom is 0.146 e. The van der Waals surface area contributed by atoms with E-state index in [2.05, 4.69) is 4.98 Å². The molecule has 4 heteroatoms. The van der Waals surface area contributed by atoms with Crippen LogP contribution in [0.3, 0.4) is 0 Å². The van der Waals surface area contributed by atoms with Crippen molar-refractivity contribution >= 4 is 11.6 Å². The Kier molecular flexibility index (Phi) is 3.61. The number of pyridine rings is 1. The van der Waals surface area contributed by atoms with Crippen molar-refractivity contribution in [3.05, 3.63) is 53.3 Å². The van der Waals surface area contributed by atoms with Crippen LogP contribution in [0.4, 0.5) is 0 Å². The van der Waals surface area contributed by atoms with Crippen LogP contribution in [0.25, 0.3) is 0 Å². The van der Waals surface area contributed by atoms with E-state index in [0.717, 1.165) is 5.69 Å². The zero-order chi connectivity index (χ0) is 12.3. The summed E-state index contributed by atoms with van der Waals surface area (Å²) in [7, 11) is 0. The van der Waals surface area contributed by atoms with Crippen molar-refractivity contribution in [1.29, 1.82) is 0 Å². The van der Waals surface area contributed by atoms with Gasteiger partial charge in [0.2, 0.25) is 0 Å². The highest BCUT2D eigenvalue weighted by Gasteiger charge is 2.04. The number of halogens is 1. The quantitative estimate of drug-likeness (QED) is 0.904. The highest BCUT2D eigenvalue weighted by atomic mass is 35.5. The summed E-state index contributed by atoms with van der Waals surface area (Å²) in [6, 6.07) is 10.9. The van der Waals surface area contributed by atoms with Crippen molar-refractivity contribution in [2.24, 2.45) is 5.73 Å². The predicted molar refractivity (Wildman–Crippen MR) is 68.4 cm³/mol. The molecule has 1 heterocycles. The molecule has 1 aromatic carbocycles. The van der Waals surface area contributed by atoms with E-state index in [-0.39, 0.29) is 6.04 Å². The van der Waals surface area contributed by atoms with Crippen LogP contribution >= 0.6 is 11.6 Å². The van der Waals surface area contributed by atoms with Gasteiger partial charge in [0.05, 0.1) is 16.9 Å². The predicted octanol–water partition coefficient (Wildman–Crippen LogP) is 3.55. The minimum atomic E-state index is -0.0793. The van der Waals surface area contributed by atoms with Crippen molar-refractivity contribution in [3.8, 4) is 11.5 Å². The first-order valence-corrected chi connectivity index (χ1v) is 5.68. The summed E-state index contributed by atoms with van der Waals surface area (Å²) in [5.41, 5.74) is 6.55. The van der Waals surface area contributed by atoms with Crippen LogP contribution in [-0.2, 0) is 0 Å². The van der Waals surface area contributed by atoms with Gasteiger partial charge in [-0.25, -0.2) is 0 Å². The largest absolute Gasteiger partial charge is 0.454 e. The molecule has 0 spiro atoms. The second kappa shape index (κ2) is 5.17. The van der Waals surface area contributed by atoms with Crippen molar-refractivity contribution in [3.63, 3.8) is 0 Å². The van der Waals surface area contributed by atoms with Crippen LogP contribution in [0.1, 0.15) is 18.7 Å². The molecule has 1 aromatic heterocycles. The minimum absolute atomic E-state index is 0.0793. The smallest absolute Gasteiger partial charge is 0.146 e. The molecule has 17 heavy (non-hydrogen) atoms. The van der Waals surface area contributed by atoms with Crippen molar-refractivity contribution in [2.45, 2.75) is 13.0 Å². The standard InChI is InChI=1S/C13H13ClN2O/c1-9(15)12-7-6-10(8-16-12)17-13-5-3-2-4-11(13)14/h2-9H,15H2,1H3. The van der Waals surface area contributed by atoms with Gasteiger partial charge in [-0.05, 0) is 31.2 Å². The van der Waals surface area contributed by atoms with Gasteiger partial charge in [-0.3, -0.25) is 4.98 Å². The number of para-hydroxylation sites is 1. The molecule has 2 N–H and O–H groups in total. The van der Waals surface area contributed by atoms with Gasteiger partial charge in [-0.2, -0.15) is 0 Å². The molecule has 0 saturated carbocycles. The molecule has 0 bridgehead atoms. The Balaban J connectivity index is 2.17. The normalized spacial score (nSPS) is 12.2. The van der Waals surface area contributed by atoms with Crippen LogP contribution < -0.4 is 10.5 Å². The number of hydrogen-bond acceptors (Lipinski definition) is 3. The molecule has 0 saturated heterocycles. The average molecular weight is 249 g/mol. The molecule has 1 atom stereocenters. The Morgan fingerprint density at radius 3 is 2.59 bits per heavy atom. The van der Waals surface area contributed by atoms with E-state index in [1.165, 1.54) is 0 Å². The molecule has 0 aliphatic heterocycles. The van der Waals surface area contributed by atoms with E-state index in [0.29, 0.717) is 16.5 Å². The third-order valence-corrected chi connectivity index (χ3v) is 2.60. The Labute approximate surface area is 105 Å². The summed E-state index contributed by atoms with van der Waals surface area (Å²) in [4.78, 5) is 4.21. The van der Waals surface area contributed by atoms with Crippen LogP contribution in [0, 0.1) is 0 Å². The Hall–Kier alpha value is -1.58. The summed E-state index contributed by atoms with van der Waals surface area (Å²) >= 11 is 5.99. The van der Waals surface area contributed by atoms with Gasteiger partial charge < -0.3 is 10.5 Å². The maximum absolute atomic E-state index is 5.99. The lowest BCUT2D eigenvalue weighted by atomic mass is 10.2. The topological polar surface area (TPSA) is 48.1 Å². The summed E-state index contributed by atoms with van der Waals surface area (Å²) in [6.45, 7) is 1.89. The van der Waals surface area contributed by atoms with E-state index in [1.54, 1.807) is 12.3 Å². The minimum Gasteiger partial charge on any atom is -0.454 e. The van der Waals surface area contributed by atoms with Crippen molar-refractivity contribution in [1.82, 2.24) is 4.98 Å². The van der Waals surface area contributed by atoms with Gasteiger partial charge in [-0.1, -0.05) is 23.7 Å². The summed E-state index contributed by atoms with van der Waals surface area (Å²) in [5.74, 6) is 1.26. The zero-order valence-electron chi connectivity index (χ0n) is 9.43. The van der Waals surface area contributed by atoms with E-state index in [4.69, 9.17) is 22.1 Å². The van der Waals surface area contributed by atoms with Gasteiger partial charge in [0, 0.05) is 6.04 Å². The zero-order valence-corrected chi connectivity index (χ0v) is 10.2. The lowest BCUT2D eigenvalue weighted by Gasteiger charge is -2.08. The Morgan fingerprint density at radius 2 is 2.00 bits per heavy atom. The molecular formula is C13H13ClN2O. The molecule has 3 nitrogen and oxygen atoms in total. The van der Waals surface area contributed by atoms with E-state index in [9.17, 15) is 0 Å². The van der Waals surface area contributed by atoms with E-state index < -0.39 is 0 Å². The molecule has 2 aromatic rings. The van der Waals surface area contributed by atoms with Crippen molar-refractivity contribution in [2.75, 3.05) is 0 Å². The second-order valence-electron chi connectivity index (χ2n) is 3.74. The van der Waals surface area contributed by atoms with Crippen LogP contribution in [0.2, 0.25) is 5.02 Å². The fraction of sp³-hybridized carbons (Fsp3) is 0.154. The number of aromatic nitrogens is 1. The molecule has 0 fully saturated rings. The van der Waals surface area contributed by atoms with Crippen LogP contribution in [-0.4, -0.2) is 4.98 Å². The SMILES string of the molecule is CC(N)c1ccc(Oc2ccccc2Cl)cn1. The number of nitrogens with zero attached hydrogens (tertiary/aromatic N) is 1. The van der Waals surface area contributed by atoms with Crippen LogP contribution in [0.5, 0.6) is 11.5 Å². The number of nitrogens with two attached hydrogens (primary N) is 1. The molecule has 0 radical (unpaired) electrons. The maximum atomic E-state index is 5.99. The van der Waals surface area contributed by atoms with E-state index in [1.807, 2.05) is 37.3 Å². The first kappa shape index (κ1) is 11.9. The molecule has 2 rings (SSSR count). The molecule has 1 unspecified atom stereocenters. The summed E-state index contributed by atoms with van der Waals surface area (Å²) < 4.78 is 5.61. The Morgan fingerprint density at radius 1 is 1.24 bits per heavy atom. The Bertz CT molecular complexity index is 497. The van der Waals surface area contributed by atoms with Gasteiger partial charge in [0.1, 0.15) is 11.5 Å². The van der Waals surface area contributed by atoms with Crippen molar-refractivity contribution < 1.29 is 4.74 Å².